The molecule has 4 rings (SSSR count). The maximum absolute atomic E-state index is 12.6. The van der Waals surface area contributed by atoms with E-state index in [9.17, 15) is 24.6 Å². The number of aliphatic hydroxyl groups excluding tert-OH is 1. The number of carbonyl (C=O) groups is 3. The van der Waals surface area contributed by atoms with Crippen LogP contribution in [-0.2, 0) is 14.3 Å². The number of benzene rings is 2. The number of aliphatic carboxylic acids is 1. The summed E-state index contributed by atoms with van der Waals surface area (Å²) in [6.45, 7) is 5.27. The highest BCUT2D eigenvalue weighted by molar-refractivity contribution is 5.81. The Morgan fingerprint density at radius 1 is 1.06 bits per heavy atom. The van der Waals surface area contributed by atoms with E-state index in [2.05, 4.69) is 5.32 Å². The van der Waals surface area contributed by atoms with Crippen LogP contribution in [0.5, 0.6) is 0 Å². The lowest BCUT2D eigenvalue weighted by atomic mass is 9.98. The van der Waals surface area contributed by atoms with Crippen molar-refractivity contribution in [1.82, 2.24) is 10.2 Å². The molecule has 2 aliphatic rings. The third-order valence-corrected chi connectivity index (χ3v) is 6.46. The Balaban J connectivity index is 1.39. The van der Waals surface area contributed by atoms with Crippen LogP contribution in [0.4, 0.5) is 9.59 Å². The quantitative estimate of drug-likeness (QED) is 0.556. The number of hydrogen-bond acceptors (Lipinski definition) is 6. The molecule has 1 aliphatic heterocycles. The van der Waals surface area contributed by atoms with Gasteiger partial charge >= 0.3 is 18.2 Å². The minimum Gasteiger partial charge on any atom is -0.480 e. The van der Waals surface area contributed by atoms with E-state index in [1.807, 2.05) is 48.5 Å². The van der Waals surface area contributed by atoms with Crippen LogP contribution in [0, 0.1) is 0 Å². The van der Waals surface area contributed by atoms with Crippen molar-refractivity contribution in [3.8, 4) is 11.1 Å². The third-order valence-electron chi connectivity index (χ3n) is 6.46. The van der Waals surface area contributed by atoms with Gasteiger partial charge in [0.05, 0.1) is 12.6 Å². The van der Waals surface area contributed by atoms with Crippen molar-refractivity contribution in [3.63, 3.8) is 0 Å². The first-order valence-electron chi connectivity index (χ1n) is 12.1. The second-order valence-electron chi connectivity index (χ2n) is 10.3. The lowest BCUT2D eigenvalue weighted by Gasteiger charge is -2.29. The normalized spacial score (nSPS) is 19.8. The molecular weight excluding hydrogens is 464 g/mol. The molecule has 0 aromatic heterocycles. The molecule has 2 aromatic rings. The van der Waals surface area contributed by atoms with Crippen molar-refractivity contribution in [1.29, 1.82) is 0 Å². The Bertz CT molecular complexity index is 1100. The first-order chi connectivity index (χ1) is 17.0. The summed E-state index contributed by atoms with van der Waals surface area (Å²) in [6.07, 6.45) is -2.18. The van der Waals surface area contributed by atoms with Gasteiger partial charge in [-0.1, -0.05) is 48.5 Å². The van der Waals surface area contributed by atoms with Crippen LogP contribution in [0.3, 0.4) is 0 Å². The number of carboxylic acids is 1. The lowest BCUT2D eigenvalue weighted by Crippen LogP contribution is -2.47. The van der Waals surface area contributed by atoms with Crippen molar-refractivity contribution in [2.24, 2.45) is 0 Å². The van der Waals surface area contributed by atoms with Gasteiger partial charge < -0.3 is 29.9 Å². The Morgan fingerprint density at radius 3 is 2.19 bits per heavy atom. The zero-order valence-corrected chi connectivity index (χ0v) is 20.6. The number of nitrogens with zero attached hydrogens (tertiary/aromatic N) is 1. The summed E-state index contributed by atoms with van der Waals surface area (Å²) in [6, 6.07) is 13.9. The topological polar surface area (TPSA) is 125 Å². The molecule has 3 atom stereocenters. The standard InChI is InChI=1S/C27H32N2O7/c1-27(2,3)36-26(34)29-14-17(30)12-16(29)13-23(24(31)32)28-25(33)35-15-22-20-10-6-4-8-18(20)19-9-5-7-11-21(19)22/h4-11,16-17,22-23,30H,12-15H2,1-3H3,(H,28,33)(H,31,32)/t16-,17+,23?/m0/s1. The van der Waals surface area contributed by atoms with Gasteiger partial charge in [-0.3, -0.25) is 0 Å². The lowest BCUT2D eigenvalue weighted by molar-refractivity contribution is -0.139. The monoisotopic (exact) mass is 496 g/mol. The van der Waals surface area contributed by atoms with Gasteiger partial charge in [0, 0.05) is 12.0 Å². The SMILES string of the molecule is CC(C)(C)OC(=O)N1C[C@H](O)C[C@H]1CC(NC(=O)OCC1c2ccccc2-c2ccccc21)C(=O)O. The van der Waals surface area contributed by atoms with Crippen LogP contribution in [0.1, 0.15) is 50.7 Å². The molecular formula is C27H32N2O7. The number of alkyl carbamates (subject to hydrolysis) is 1. The average molecular weight is 497 g/mol. The fraction of sp³-hybridized carbons (Fsp3) is 0.444. The molecule has 0 bridgehead atoms. The smallest absolute Gasteiger partial charge is 0.410 e. The van der Waals surface area contributed by atoms with Gasteiger partial charge in [-0.15, -0.1) is 0 Å². The van der Waals surface area contributed by atoms with E-state index in [1.165, 1.54) is 4.90 Å². The van der Waals surface area contributed by atoms with Crippen molar-refractivity contribution in [3.05, 3.63) is 59.7 Å². The molecule has 1 aliphatic carbocycles. The summed E-state index contributed by atoms with van der Waals surface area (Å²) in [5, 5.41) is 22.3. The molecule has 9 nitrogen and oxygen atoms in total. The van der Waals surface area contributed by atoms with Crippen molar-refractivity contribution < 1.29 is 34.1 Å². The van der Waals surface area contributed by atoms with Crippen LogP contribution >= 0.6 is 0 Å². The minimum atomic E-state index is -1.30. The molecule has 0 spiro atoms. The number of ether oxygens (including phenoxy) is 2. The molecule has 2 aromatic carbocycles. The van der Waals surface area contributed by atoms with Gasteiger partial charge in [0.1, 0.15) is 18.2 Å². The van der Waals surface area contributed by atoms with E-state index in [-0.39, 0.29) is 31.9 Å². The first-order valence-corrected chi connectivity index (χ1v) is 12.1. The van der Waals surface area contributed by atoms with Gasteiger partial charge in [-0.05, 0) is 55.9 Å². The highest BCUT2D eigenvalue weighted by Crippen LogP contribution is 2.44. The Morgan fingerprint density at radius 2 is 1.64 bits per heavy atom. The average Bonchev–Trinajstić information content (AvgIpc) is 3.33. The Labute approximate surface area is 210 Å². The zero-order valence-electron chi connectivity index (χ0n) is 20.6. The van der Waals surface area contributed by atoms with Crippen molar-refractivity contribution in [2.75, 3.05) is 13.2 Å². The van der Waals surface area contributed by atoms with Gasteiger partial charge in [0.15, 0.2) is 0 Å². The molecule has 9 heteroatoms. The number of fused-ring (bicyclic) bond motifs is 3. The minimum absolute atomic E-state index is 0.0386. The molecule has 192 valence electrons. The molecule has 1 fully saturated rings. The van der Waals surface area contributed by atoms with E-state index in [0.29, 0.717) is 0 Å². The van der Waals surface area contributed by atoms with E-state index < -0.39 is 41.9 Å². The summed E-state index contributed by atoms with van der Waals surface area (Å²) < 4.78 is 10.9. The number of nitrogens with one attached hydrogen (secondary N) is 1. The molecule has 3 N–H and O–H groups in total. The Hall–Kier alpha value is -3.59. The predicted octanol–water partition coefficient (Wildman–Crippen LogP) is 3.74. The molecule has 2 amide bonds. The van der Waals surface area contributed by atoms with Gasteiger partial charge in [-0.25, -0.2) is 14.4 Å². The summed E-state index contributed by atoms with van der Waals surface area (Å²) >= 11 is 0. The van der Waals surface area contributed by atoms with E-state index in [4.69, 9.17) is 9.47 Å². The van der Waals surface area contributed by atoms with E-state index in [1.54, 1.807) is 20.8 Å². The van der Waals surface area contributed by atoms with Gasteiger partial charge in [-0.2, -0.15) is 0 Å². The maximum atomic E-state index is 12.6. The summed E-state index contributed by atoms with van der Waals surface area (Å²) in [4.78, 5) is 38.5. The largest absolute Gasteiger partial charge is 0.480 e. The third kappa shape index (κ3) is 5.62. The molecule has 1 saturated heterocycles. The van der Waals surface area contributed by atoms with E-state index in [0.717, 1.165) is 22.3 Å². The fourth-order valence-corrected chi connectivity index (χ4v) is 4.94. The number of aliphatic hydroxyl groups is 1. The van der Waals surface area contributed by atoms with Crippen molar-refractivity contribution >= 4 is 18.2 Å². The second kappa shape index (κ2) is 10.2. The molecule has 1 heterocycles. The maximum Gasteiger partial charge on any atom is 0.410 e. The predicted molar refractivity (Wildman–Crippen MR) is 132 cm³/mol. The van der Waals surface area contributed by atoms with Crippen LogP contribution in [0.2, 0.25) is 0 Å². The first kappa shape index (κ1) is 25.5. The molecule has 0 saturated carbocycles. The number of carboxylic acid groups (broad SMARTS) is 1. The zero-order chi connectivity index (χ0) is 26.0. The highest BCUT2D eigenvalue weighted by atomic mass is 16.6. The number of carbonyl (C=O) groups excluding carboxylic acids is 2. The van der Waals surface area contributed by atoms with E-state index >= 15 is 0 Å². The second-order valence-corrected chi connectivity index (χ2v) is 10.3. The summed E-state index contributed by atoms with van der Waals surface area (Å²) in [7, 11) is 0. The number of likely N-dealkylation sites (tertiary alicyclic amines) is 1. The molecule has 1 unspecified atom stereocenters. The summed E-state index contributed by atoms with van der Waals surface area (Å²) in [5.74, 6) is -1.41. The van der Waals surface area contributed by atoms with Crippen molar-refractivity contribution in [2.45, 2.75) is 63.3 Å². The fourth-order valence-electron chi connectivity index (χ4n) is 4.94. The van der Waals surface area contributed by atoms with Gasteiger partial charge in [0.2, 0.25) is 0 Å². The van der Waals surface area contributed by atoms with Crippen LogP contribution < -0.4 is 5.32 Å². The van der Waals surface area contributed by atoms with Gasteiger partial charge in [0.25, 0.3) is 0 Å². The number of β-amino-alcohol motifs (C(OH)–C–C–N with tert-alkyl or cyclic N) is 1. The number of hydrogen-bond donors (Lipinski definition) is 3. The van der Waals surface area contributed by atoms with Crippen LogP contribution in [0.25, 0.3) is 11.1 Å². The highest BCUT2D eigenvalue weighted by Gasteiger charge is 2.39. The van der Waals surface area contributed by atoms with Crippen LogP contribution in [-0.4, -0.2) is 70.2 Å². The summed E-state index contributed by atoms with van der Waals surface area (Å²) in [5.41, 5.74) is 3.55. The molecule has 36 heavy (non-hydrogen) atoms. The molecule has 0 radical (unpaired) electrons. The number of rotatable bonds is 6. The van der Waals surface area contributed by atoms with Crippen LogP contribution in [0.15, 0.2) is 48.5 Å². The Kier molecular flexibility index (Phi) is 7.21. The number of amides is 2.